The molecule has 3 rings (SSSR count). The van der Waals surface area contributed by atoms with Crippen LogP contribution in [-0.4, -0.2) is 28.6 Å². The number of nitrogens with one attached hydrogen (secondary N) is 1. The first kappa shape index (κ1) is 15.0. The van der Waals surface area contributed by atoms with E-state index in [-0.39, 0.29) is 30.9 Å². The molecular weight excluding hydrogens is 300 g/mol. The number of carbonyl (C=O) groups excluding carboxylic acids is 1. The van der Waals surface area contributed by atoms with Gasteiger partial charge in [0, 0.05) is 29.5 Å². The molecule has 116 valence electrons. The number of oxazole rings is 1. The summed E-state index contributed by atoms with van der Waals surface area (Å²) in [4.78, 5) is 16.5. The van der Waals surface area contributed by atoms with Crippen LogP contribution in [0, 0.1) is 12.8 Å². The number of aliphatic hydroxyl groups excluding tert-OH is 1. The van der Waals surface area contributed by atoms with E-state index in [0.717, 1.165) is 12.0 Å². The Morgan fingerprint density at radius 1 is 1.55 bits per heavy atom. The number of thiophene rings is 1. The van der Waals surface area contributed by atoms with Gasteiger partial charge in [-0.3, -0.25) is 4.79 Å². The van der Waals surface area contributed by atoms with Crippen molar-refractivity contribution in [1.29, 1.82) is 0 Å². The maximum absolute atomic E-state index is 12.1. The highest BCUT2D eigenvalue weighted by Gasteiger charge is 2.21. The van der Waals surface area contributed by atoms with Crippen LogP contribution in [0.4, 0.5) is 0 Å². The van der Waals surface area contributed by atoms with Crippen LogP contribution in [0.15, 0.2) is 33.4 Å². The van der Waals surface area contributed by atoms with Crippen molar-refractivity contribution in [3.63, 3.8) is 0 Å². The Bertz CT molecular complexity index is 676. The first-order valence-corrected chi connectivity index (χ1v) is 8.17. The summed E-state index contributed by atoms with van der Waals surface area (Å²) in [6.45, 7) is 1.94. The monoisotopic (exact) mass is 318 g/mol. The van der Waals surface area contributed by atoms with E-state index in [1.54, 1.807) is 11.3 Å². The zero-order chi connectivity index (χ0) is 15.5. The number of aryl methyl sites for hydroxylation is 1. The van der Waals surface area contributed by atoms with Gasteiger partial charge >= 0.3 is 0 Å². The maximum Gasteiger partial charge on any atom is 0.227 e. The van der Waals surface area contributed by atoms with Crippen LogP contribution in [-0.2, 0) is 11.2 Å². The summed E-state index contributed by atoms with van der Waals surface area (Å²) >= 11 is 1.58. The van der Waals surface area contributed by atoms with Gasteiger partial charge in [-0.25, -0.2) is 4.98 Å². The minimum absolute atomic E-state index is 0.00630. The maximum atomic E-state index is 12.1. The Morgan fingerprint density at radius 3 is 3.09 bits per heavy atom. The topological polar surface area (TPSA) is 75.4 Å². The van der Waals surface area contributed by atoms with Crippen molar-refractivity contribution in [3.8, 4) is 11.5 Å². The average molecular weight is 318 g/mol. The minimum atomic E-state index is -0.0819. The van der Waals surface area contributed by atoms with Crippen LogP contribution >= 0.6 is 11.3 Å². The van der Waals surface area contributed by atoms with Gasteiger partial charge in [-0.2, -0.15) is 11.3 Å². The molecular formula is C16H18N2O3S. The van der Waals surface area contributed by atoms with Gasteiger partial charge in [-0.15, -0.1) is 0 Å². The molecule has 0 saturated carbocycles. The second kappa shape index (κ2) is 6.46. The Balaban J connectivity index is 1.61. The Labute approximate surface area is 132 Å². The number of aliphatic hydroxyl groups is 1. The molecule has 0 unspecified atom stereocenters. The SMILES string of the molecule is Cc1oc(-c2ccsc2)nc1CC(=O)N[C@@H]1C=C[C@H](CO)C1. The van der Waals surface area contributed by atoms with Crippen molar-refractivity contribution in [2.24, 2.45) is 5.92 Å². The third kappa shape index (κ3) is 3.28. The molecule has 0 fully saturated rings. The average Bonchev–Trinajstić information content (AvgIpc) is 3.21. The van der Waals surface area contributed by atoms with Gasteiger partial charge in [0.1, 0.15) is 5.76 Å². The standard InChI is InChI=1S/C16H18N2O3S/c1-10-14(18-16(21-10)12-4-5-22-9-12)7-15(20)17-13-3-2-11(6-13)8-19/h2-5,9,11,13,19H,6-8H2,1H3,(H,17,20)/t11-,13+/m0/s1. The van der Waals surface area contributed by atoms with Crippen LogP contribution < -0.4 is 5.32 Å². The highest BCUT2D eigenvalue weighted by molar-refractivity contribution is 7.08. The highest BCUT2D eigenvalue weighted by Crippen LogP contribution is 2.24. The second-order valence-corrected chi connectivity index (χ2v) is 6.23. The van der Waals surface area contributed by atoms with Crippen molar-refractivity contribution in [2.75, 3.05) is 6.61 Å². The summed E-state index contributed by atoms with van der Waals surface area (Å²) in [6.07, 6.45) is 4.83. The first-order valence-electron chi connectivity index (χ1n) is 7.23. The minimum Gasteiger partial charge on any atom is -0.441 e. The number of carbonyl (C=O) groups is 1. The van der Waals surface area contributed by atoms with Crippen molar-refractivity contribution < 1.29 is 14.3 Å². The summed E-state index contributed by atoms with van der Waals surface area (Å²) in [5.74, 6) is 1.29. The summed E-state index contributed by atoms with van der Waals surface area (Å²) in [7, 11) is 0. The van der Waals surface area contributed by atoms with Crippen LogP contribution in [0.3, 0.4) is 0 Å². The van der Waals surface area contributed by atoms with Gasteiger partial charge in [0.15, 0.2) is 0 Å². The summed E-state index contributed by atoms with van der Waals surface area (Å²) in [6, 6.07) is 1.94. The molecule has 6 heteroatoms. The number of rotatable bonds is 5. The summed E-state index contributed by atoms with van der Waals surface area (Å²) in [5.41, 5.74) is 1.60. The van der Waals surface area contributed by atoms with Crippen LogP contribution in [0.2, 0.25) is 0 Å². The van der Waals surface area contributed by atoms with Crippen molar-refractivity contribution in [3.05, 3.63) is 40.4 Å². The molecule has 0 aliphatic heterocycles. The highest BCUT2D eigenvalue weighted by atomic mass is 32.1. The van der Waals surface area contributed by atoms with Gasteiger partial charge < -0.3 is 14.8 Å². The van der Waals surface area contributed by atoms with E-state index in [1.165, 1.54) is 0 Å². The number of hydrogen-bond donors (Lipinski definition) is 2. The van der Waals surface area contributed by atoms with Gasteiger partial charge in [-0.05, 0) is 24.8 Å². The van der Waals surface area contributed by atoms with Gasteiger partial charge in [-0.1, -0.05) is 12.2 Å². The fraction of sp³-hybridized carbons (Fsp3) is 0.375. The molecule has 0 radical (unpaired) electrons. The van der Waals surface area contributed by atoms with E-state index in [9.17, 15) is 4.79 Å². The molecule has 1 aliphatic carbocycles. The van der Waals surface area contributed by atoms with E-state index in [4.69, 9.17) is 9.52 Å². The van der Waals surface area contributed by atoms with Crippen LogP contribution in [0.1, 0.15) is 17.9 Å². The zero-order valence-corrected chi connectivity index (χ0v) is 13.1. The number of aromatic nitrogens is 1. The Hall–Kier alpha value is -1.92. The molecule has 1 amide bonds. The molecule has 0 spiro atoms. The fourth-order valence-corrected chi connectivity index (χ4v) is 3.16. The van der Waals surface area contributed by atoms with Gasteiger partial charge in [0.2, 0.25) is 11.8 Å². The molecule has 2 atom stereocenters. The van der Waals surface area contributed by atoms with Gasteiger partial charge in [0.05, 0.1) is 12.1 Å². The molecule has 1 aliphatic rings. The van der Waals surface area contributed by atoms with E-state index in [1.807, 2.05) is 35.9 Å². The predicted molar refractivity (Wildman–Crippen MR) is 84.5 cm³/mol. The van der Waals surface area contributed by atoms with E-state index < -0.39 is 0 Å². The molecule has 0 bridgehead atoms. The molecule has 2 heterocycles. The molecule has 0 aromatic carbocycles. The lowest BCUT2D eigenvalue weighted by Gasteiger charge is -2.12. The number of hydrogen-bond acceptors (Lipinski definition) is 5. The lowest BCUT2D eigenvalue weighted by molar-refractivity contribution is -0.120. The third-order valence-electron chi connectivity index (χ3n) is 3.74. The molecule has 22 heavy (non-hydrogen) atoms. The second-order valence-electron chi connectivity index (χ2n) is 5.45. The van der Waals surface area contributed by atoms with Gasteiger partial charge in [0.25, 0.3) is 0 Å². The normalized spacial score (nSPS) is 20.5. The van der Waals surface area contributed by atoms with E-state index in [2.05, 4.69) is 10.3 Å². The van der Waals surface area contributed by atoms with Crippen molar-refractivity contribution >= 4 is 17.2 Å². The molecule has 2 N–H and O–H groups in total. The third-order valence-corrected chi connectivity index (χ3v) is 4.43. The quantitative estimate of drug-likeness (QED) is 0.830. The predicted octanol–water partition coefficient (Wildman–Crippen LogP) is 2.31. The smallest absolute Gasteiger partial charge is 0.227 e. The Morgan fingerprint density at radius 2 is 2.41 bits per heavy atom. The summed E-state index contributed by atoms with van der Waals surface area (Å²) < 4.78 is 5.63. The van der Waals surface area contributed by atoms with Crippen LogP contribution in [0.5, 0.6) is 0 Å². The fourth-order valence-electron chi connectivity index (χ4n) is 2.53. The van der Waals surface area contributed by atoms with E-state index in [0.29, 0.717) is 17.3 Å². The molecule has 5 nitrogen and oxygen atoms in total. The van der Waals surface area contributed by atoms with Crippen molar-refractivity contribution in [1.82, 2.24) is 10.3 Å². The molecule has 2 aromatic rings. The molecule has 0 saturated heterocycles. The summed E-state index contributed by atoms with van der Waals surface area (Å²) in [5, 5.41) is 16.0. The lowest BCUT2D eigenvalue weighted by Crippen LogP contribution is -2.34. The Kier molecular flexibility index (Phi) is 4.40. The largest absolute Gasteiger partial charge is 0.441 e. The first-order chi connectivity index (χ1) is 10.7. The van der Waals surface area contributed by atoms with E-state index >= 15 is 0 Å². The number of nitrogens with zero attached hydrogens (tertiary/aromatic N) is 1. The lowest BCUT2D eigenvalue weighted by atomic mass is 10.1. The number of amides is 1. The zero-order valence-electron chi connectivity index (χ0n) is 12.3. The molecule has 2 aromatic heterocycles. The van der Waals surface area contributed by atoms with Crippen molar-refractivity contribution in [2.45, 2.75) is 25.8 Å². The van der Waals surface area contributed by atoms with Crippen LogP contribution in [0.25, 0.3) is 11.5 Å².